The van der Waals surface area contributed by atoms with Gasteiger partial charge in [0, 0.05) is 18.0 Å². The lowest BCUT2D eigenvalue weighted by Gasteiger charge is -2.08. The van der Waals surface area contributed by atoms with E-state index in [4.69, 9.17) is 22.4 Å². The van der Waals surface area contributed by atoms with Gasteiger partial charge < -0.3 is 16.2 Å². The van der Waals surface area contributed by atoms with Crippen LogP contribution in [0.4, 0.5) is 32.3 Å². The highest BCUT2D eigenvalue weighted by Crippen LogP contribution is 2.31. The molecule has 0 unspecified atom stereocenters. The van der Waals surface area contributed by atoms with Gasteiger partial charge in [0.1, 0.15) is 41.1 Å². The lowest BCUT2D eigenvalue weighted by atomic mass is 10.1. The molecule has 0 radical (unpaired) electrons. The van der Waals surface area contributed by atoms with E-state index < -0.39 is 11.9 Å². The number of benzene rings is 1. The van der Waals surface area contributed by atoms with Gasteiger partial charge in [-0.25, -0.2) is 28.8 Å². The number of hydrogen-bond donors (Lipinski definition) is 4. The van der Waals surface area contributed by atoms with Crippen LogP contribution in [0.3, 0.4) is 0 Å². The van der Waals surface area contributed by atoms with E-state index in [1.54, 1.807) is 0 Å². The Bertz CT molecular complexity index is 1380. The molecule has 4 aromatic rings. The van der Waals surface area contributed by atoms with Crippen LogP contribution in [0.2, 0.25) is 5.02 Å². The number of amides is 1. The normalized spacial score (nSPS) is 10.6. The van der Waals surface area contributed by atoms with Crippen LogP contribution in [0.15, 0.2) is 36.9 Å². The smallest absolute Gasteiger partial charge is 0.410 e. The number of nitriles is 1. The summed E-state index contributed by atoms with van der Waals surface area (Å²) in [6, 6.07) is 6.21. The maximum Gasteiger partial charge on any atom is 0.410 e. The monoisotopic (exact) mass is 439 g/mol. The Kier molecular flexibility index (Phi) is 4.94. The third kappa shape index (κ3) is 3.85. The van der Waals surface area contributed by atoms with Crippen LogP contribution in [-0.2, 0) is 0 Å². The van der Waals surface area contributed by atoms with Gasteiger partial charge in [-0.2, -0.15) is 10.4 Å². The van der Waals surface area contributed by atoms with Gasteiger partial charge in [0.25, 0.3) is 0 Å². The first kappa shape index (κ1) is 19.8. The van der Waals surface area contributed by atoms with Gasteiger partial charge in [-0.05, 0) is 12.1 Å². The molecule has 5 N–H and O–H groups in total. The van der Waals surface area contributed by atoms with Crippen molar-refractivity contribution < 1.29 is 14.3 Å². The second-order valence-corrected chi connectivity index (χ2v) is 6.55. The summed E-state index contributed by atoms with van der Waals surface area (Å²) >= 11 is 6.26. The fraction of sp³-hybridized carbons (Fsp3) is 0. The quantitative estimate of drug-likeness (QED) is 0.348. The molecule has 0 aliphatic heterocycles. The zero-order valence-electron chi connectivity index (χ0n) is 15.3. The molecule has 3 aromatic heterocycles. The molecule has 11 nitrogen and oxygen atoms in total. The lowest BCUT2D eigenvalue weighted by Crippen LogP contribution is -2.09. The average Bonchev–Trinajstić information content (AvgIpc) is 3.15. The van der Waals surface area contributed by atoms with Gasteiger partial charge in [0.15, 0.2) is 5.82 Å². The molecule has 13 heteroatoms. The number of nitrogens with zero attached hydrogens (tertiary/aromatic N) is 6. The van der Waals surface area contributed by atoms with Crippen LogP contribution in [0.25, 0.3) is 16.6 Å². The third-order valence-corrected chi connectivity index (χ3v) is 4.37. The van der Waals surface area contributed by atoms with E-state index in [1.165, 1.54) is 29.1 Å². The van der Waals surface area contributed by atoms with Crippen LogP contribution >= 0.6 is 11.6 Å². The van der Waals surface area contributed by atoms with E-state index in [-0.39, 0.29) is 44.6 Å². The Labute approximate surface area is 177 Å². The number of aromatic nitrogens is 5. The van der Waals surface area contributed by atoms with Crippen molar-refractivity contribution >= 4 is 51.7 Å². The number of hydrogen-bond acceptors (Lipinski definition) is 8. The number of carbonyl (C=O) groups is 1. The molecular formula is C18H11ClFN9O2. The number of anilines is 4. The van der Waals surface area contributed by atoms with Gasteiger partial charge in [0.2, 0.25) is 0 Å². The second-order valence-electron chi connectivity index (χ2n) is 6.15. The van der Waals surface area contributed by atoms with Gasteiger partial charge in [-0.15, -0.1) is 0 Å². The number of pyridine rings is 1. The summed E-state index contributed by atoms with van der Waals surface area (Å²) in [5.41, 5.74) is 6.38. The van der Waals surface area contributed by atoms with Crippen molar-refractivity contribution in [2.45, 2.75) is 0 Å². The predicted octanol–water partition coefficient (Wildman–Crippen LogP) is 3.29. The molecule has 0 atom stereocenters. The van der Waals surface area contributed by atoms with Crippen LogP contribution in [0.5, 0.6) is 0 Å². The fourth-order valence-electron chi connectivity index (χ4n) is 2.85. The summed E-state index contributed by atoms with van der Waals surface area (Å²) < 4.78 is 15.7. The van der Waals surface area contributed by atoms with Crippen molar-refractivity contribution in [3.63, 3.8) is 0 Å². The zero-order chi connectivity index (χ0) is 22.1. The minimum atomic E-state index is -1.29. The maximum absolute atomic E-state index is 14.4. The molecule has 0 bridgehead atoms. The molecule has 154 valence electrons. The van der Waals surface area contributed by atoms with Crippen LogP contribution in [-0.4, -0.2) is 35.9 Å². The van der Waals surface area contributed by atoms with Crippen molar-refractivity contribution in [1.82, 2.24) is 24.7 Å². The largest absolute Gasteiger partial charge is 0.465 e. The predicted molar refractivity (Wildman–Crippen MR) is 110 cm³/mol. The first-order chi connectivity index (χ1) is 14.9. The number of halogens is 2. The highest BCUT2D eigenvalue weighted by Gasteiger charge is 2.18. The second kappa shape index (κ2) is 7.73. The molecule has 0 saturated carbocycles. The summed E-state index contributed by atoms with van der Waals surface area (Å²) in [6.45, 7) is 0. The van der Waals surface area contributed by atoms with Crippen LogP contribution in [0.1, 0.15) is 5.56 Å². The number of nitrogens with one attached hydrogen (secondary N) is 2. The Hall–Kier alpha value is -4.50. The minimum Gasteiger partial charge on any atom is -0.465 e. The molecule has 0 fully saturated rings. The standard InChI is InChI=1S/C18H11ClFN9O2/c19-11-2-9(22)1-8(4-21)16(11)29-6-10-15(28-29)12(20)5-23-17(10)26-13-3-14(25-7-24-13)27-18(30)31/h1-3,5-7H,22H2,(H,30,31)(H2,23,24,25,26,27). The molecule has 0 aliphatic carbocycles. The van der Waals surface area contributed by atoms with Crippen molar-refractivity contribution in [3.8, 4) is 11.8 Å². The van der Waals surface area contributed by atoms with Gasteiger partial charge in [-0.3, -0.25) is 5.32 Å². The summed E-state index contributed by atoms with van der Waals surface area (Å²) in [7, 11) is 0. The fourth-order valence-corrected chi connectivity index (χ4v) is 3.17. The average molecular weight is 440 g/mol. The number of fused-ring (bicyclic) bond motifs is 1. The molecule has 31 heavy (non-hydrogen) atoms. The Morgan fingerprint density at radius 3 is 2.77 bits per heavy atom. The first-order valence-corrected chi connectivity index (χ1v) is 8.86. The topological polar surface area (TPSA) is 168 Å². The number of rotatable bonds is 4. The lowest BCUT2D eigenvalue weighted by molar-refractivity contribution is 0.209. The van der Waals surface area contributed by atoms with Gasteiger partial charge in [0.05, 0.1) is 22.2 Å². The van der Waals surface area contributed by atoms with Gasteiger partial charge >= 0.3 is 6.09 Å². The summed E-state index contributed by atoms with van der Waals surface area (Å²) in [5, 5.41) is 27.8. The molecular weight excluding hydrogens is 429 g/mol. The molecule has 1 aromatic carbocycles. The van der Waals surface area contributed by atoms with Crippen molar-refractivity contribution in [3.05, 3.63) is 53.3 Å². The van der Waals surface area contributed by atoms with Crippen molar-refractivity contribution in [2.24, 2.45) is 0 Å². The van der Waals surface area contributed by atoms with E-state index in [2.05, 4.69) is 30.7 Å². The molecule has 1 amide bonds. The van der Waals surface area contributed by atoms with E-state index in [9.17, 15) is 14.4 Å². The van der Waals surface area contributed by atoms with Gasteiger partial charge in [-0.1, -0.05) is 11.6 Å². The molecule has 0 saturated heterocycles. The minimum absolute atomic E-state index is 0.0337. The maximum atomic E-state index is 14.4. The molecule has 3 heterocycles. The highest BCUT2D eigenvalue weighted by molar-refractivity contribution is 6.33. The van der Waals surface area contributed by atoms with E-state index in [0.29, 0.717) is 5.69 Å². The van der Waals surface area contributed by atoms with Crippen molar-refractivity contribution in [2.75, 3.05) is 16.4 Å². The van der Waals surface area contributed by atoms with Crippen LogP contribution in [0, 0.1) is 17.1 Å². The van der Waals surface area contributed by atoms with Crippen molar-refractivity contribution in [1.29, 1.82) is 5.26 Å². The van der Waals surface area contributed by atoms with E-state index >= 15 is 0 Å². The first-order valence-electron chi connectivity index (χ1n) is 8.48. The number of nitrogen functional groups attached to an aromatic ring is 1. The third-order valence-electron chi connectivity index (χ3n) is 4.09. The number of carboxylic acid groups (broad SMARTS) is 1. The highest BCUT2D eigenvalue weighted by atomic mass is 35.5. The molecule has 4 rings (SSSR count). The SMILES string of the molecule is N#Cc1cc(N)cc(Cl)c1-n1cc2c(Nc3cc(NC(=O)O)ncn3)ncc(F)c2n1. The zero-order valence-corrected chi connectivity index (χ0v) is 16.1. The van der Waals surface area contributed by atoms with Crippen LogP contribution < -0.4 is 16.4 Å². The summed E-state index contributed by atoms with van der Waals surface area (Å²) in [5.74, 6) is -0.269. The van der Waals surface area contributed by atoms with E-state index in [1.807, 2.05) is 6.07 Å². The molecule has 0 aliphatic rings. The summed E-state index contributed by atoms with van der Waals surface area (Å²) in [4.78, 5) is 22.6. The van der Waals surface area contributed by atoms with E-state index in [0.717, 1.165) is 12.5 Å². The Morgan fingerprint density at radius 1 is 1.26 bits per heavy atom. The summed E-state index contributed by atoms with van der Waals surface area (Å²) in [6.07, 6.45) is 2.27. The molecule has 0 spiro atoms. The Balaban J connectivity index is 1.81. The Morgan fingerprint density at radius 2 is 2.03 bits per heavy atom. The number of nitrogens with two attached hydrogens (primary N) is 1.